The molecule has 0 radical (unpaired) electrons. The number of hydrogen-bond donors (Lipinski definition) is 2. The van der Waals surface area contributed by atoms with Gasteiger partial charge in [-0.2, -0.15) is 4.31 Å². The molecular weight excluding hydrogens is 517 g/mol. The summed E-state index contributed by atoms with van der Waals surface area (Å²) in [4.78, 5) is 35.0. The number of thiophene rings is 1. The van der Waals surface area contributed by atoms with Gasteiger partial charge in [-0.05, 0) is 68.7 Å². The molecule has 2 N–H and O–H groups in total. The summed E-state index contributed by atoms with van der Waals surface area (Å²) in [6.45, 7) is 2.82. The van der Waals surface area contributed by atoms with Crippen LogP contribution in [0.3, 0.4) is 0 Å². The number of nitrogens with zero attached hydrogens (tertiary/aromatic N) is 2. The number of hydrogen-bond acceptors (Lipinski definition) is 7. The number of aromatic nitrogens is 2. The number of nitrogens with one attached hydrogen (secondary N) is 2. The SMILES string of the molecule is Cc1ccc(NC(=O)CSc2nc3sc4c(c3c(=O)[nH]2)CCCC4)cc1S(=O)(=O)N1CCCCCC1. The summed E-state index contributed by atoms with van der Waals surface area (Å²) in [5.41, 5.74) is 2.07. The first-order valence-electron chi connectivity index (χ1n) is 12.4. The molecule has 1 aliphatic heterocycles. The second-order valence-corrected chi connectivity index (χ2v) is 13.4. The molecule has 0 saturated carbocycles. The Labute approximate surface area is 218 Å². The van der Waals surface area contributed by atoms with Crippen LogP contribution in [0.4, 0.5) is 5.69 Å². The minimum atomic E-state index is -3.63. The molecule has 0 spiro atoms. The van der Waals surface area contributed by atoms with Crippen molar-refractivity contribution in [2.75, 3.05) is 24.2 Å². The number of amides is 1. The van der Waals surface area contributed by atoms with Crippen molar-refractivity contribution in [3.63, 3.8) is 0 Å². The van der Waals surface area contributed by atoms with Gasteiger partial charge in [0.05, 0.1) is 16.0 Å². The van der Waals surface area contributed by atoms with Crippen LogP contribution in [0.15, 0.2) is 33.0 Å². The van der Waals surface area contributed by atoms with E-state index >= 15 is 0 Å². The predicted molar refractivity (Wildman–Crippen MR) is 145 cm³/mol. The maximum atomic E-state index is 13.3. The van der Waals surface area contributed by atoms with Crippen molar-refractivity contribution in [3.05, 3.63) is 44.6 Å². The van der Waals surface area contributed by atoms with Crippen LogP contribution in [0.2, 0.25) is 0 Å². The van der Waals surface area contributed by atoms with Crippen LogP contribution in [0.5, 0.6) is 0 Å². The summed E-state index contributed by atoms with van der Waals surface area (Å²) < 4.78 is 28.1. The van der Waals surface area contributed by atoms with Crippen LogP contribution in [0, 0.1) is 6.92 Å². The van der Waals surface area contributed by atoms with Gasteiger partial charge in [0.15, 0.2) is 5.16 Å². The average molecular weight is 547 g/mol. The highest BCUT2D eigenvalue weighted by atomic mass is 32.2. The highest BCUT2D eigenvalue weighted by molar-refractivity contribution is 7.99. The molecule has 0 bridgehead atoms. The largest absolute Gasteiger partial charge is 0.325 e. The Kier molecular flexibility index (Phi) is 7.52. The van der Waals surface area contributed by atoms with Gasteiger partial charge < -0.3 is 10.3 Å². The van der Waals surface area contributed by atoms with Crippen LogP contribution < -0.4 is 10.9 Å². The Morgan fingerprint density at radius 1 is 1.14 bits per heavy atom. The predicted octanol–water partition coefficient (Wildman–Crippen LogP) is 4.47. The van der Waals surface area contributed by atoms with E-state index in [4.69, 9.17) is 0 Å². The van der Waals surface area contributed by atoms with E-state index in [1.165, 1.54) is 4.88 Å². The number of carbonyl (C=O) groups excluding carboxylic acids is 1. The summed E-state index contributed by atoms with van der Waals surface area (Å²) >= 11 is 2.74. The van der Waals surface area contributed by atoms with Crippen molar-refractivity contribution in [2.24, 2.45) is 0 Å². The number of rotatable bonds is 6. The number of thioether (sulfide) groups is 1. The first-order valence-corrected chi connectivity index (χ1v) is 15.6. The van der Waals surface area contributed by atoms with Gasteiger partial charge >= 0.3 is 0 Å². The molecule has 5 rings (SSSR count). The Balaban J connectivity index is 1.28. The maximum absolute atomic E-state index is 13.3. The second-order valence-electron chi connectivity index (χ2n) is 9.40. The van der Waals surface area contributed by atoms with Gasteiger partial charge in [0.2, 0.25) is 15.9 Å². The molecule has 36 heavy (non-hydrogen) atoms. The van der Waals surface area contributed by atoms with Crippen molar-refractivity contribution >= 4 is 54.9 Å². The Morgan fingerprint density at radius 3 is 2.67 bits per heavy atom. The Morgan fingerprint density at radius 2 is 1.89 bits per heavy atom. The maximum Gasteiger partial charge on any atom is 0.260 e. The Hall–Kier alpha value is -2.21. The molecule has 2 aromatic heterocycles. The minimum Gasteiger partial charge on any atom is -0.325 e. The van der Waals surface area contributed by atoms with Crippen molar-refractivity contribution < 1.29 is 13.2 Å². The second kappa shape index (κ2) is 10.6. The van der Waals surface area contributed by atoms with Crippen molar-refractivity contribution in [1.29, 1.82) is 0 Å². The fourth-order valence-corrected chi connectivity index (χ4v) is 8.67. The molecule has 1 amide bonds. The van der Waals surface area contributed by atoms with Gasteiger partial charge in [0.1, 0.15) is 4.83 Å². The van der Waals surface area contributed by atoms with E-state index in [0.29, 0.717) is 34.9 Å². The number of benzene rings is 1. The van der Waals surface area contributed by atoms with E-state index in [-0.39, 0.29) is 22.1 Å². The van der Waals surface area contributed by atoms with Crippen molar-refractivity contribution in [3.8, 4) is 0 Å². The molecule has 0 atom stereocenters. The molecule has 192 valence electrons. The highest BCUT2D eigenvalue weighted by Crippen LogP contribution is 2.34. The molecule has 3 heterocycles. The number of carbonyl (C=O) groups is 1. The zero-order valence-electron chi connectivity index (χ0n) is 20.3. The first-order chi connectivity index (χ1) is 17.3. The summed E-state index contributed by atoms with van der Waals surface area (Å²) in [7, 11) is -3.63. The number of anilines is 1. The minimum absolute atomic E-state index is 0.0433. The molecule has 1 aliphatic carbocycles. The van der Waals surface area contributed by atoms with Crippen molar-refractivity contribution in [2.45, 2.75) is 68.3 Å². The molecular formula is C25H30N4O4S3. The molecule has 1 saturated heterocycles. The van der Waals surface area contributed by atoms with Crippen molar-refractivity contribution in [1.82, 2.24) is 14.3 Å². The topological polar surface area (TPSA) is 112 Å². The smallest absolute Gasteiger partial charge is 0.260 e. The van der Waals surface area contributed by atoms with Crippen LogP contribution in [0.1, 0.15) is 54.5 Å². The molecule has 8 nitrogen and oxygen atoms in total. The monoisotopic (exact) mass is 546 g/mol. The number of aryl methyl sites for hydroxylation is 3. The summed E-state index contributed by atoms with van der Waals surface area (Å²) in [5.74, 6) is -0.253. The number of aromatic amines is 1. The normalized spacial score (nSPS) is 17.0. The summed E-state index contributed by atoms with van der Waals surface area (Å²) in [5, 5.41) is 3.91. The fraction of sp³-hybridized carbons (Fsp3) is 0.480. The van der Waals surface area contributed by atoms with Crippen LogP contribution in [0.25, 0.3) is 10.2 Å². The molecule has 11 heteroatoms. The lowest BCUT2D eigenvalue weighted by Gasteiger charge is -2.21. The van der Waals surface area contributed by atoms with E-state index in [0.717, 1.165) is 73.5 Å². The third-order valence-corrected chi connectivity index (χ3v) is 10.9. The van der Waals surface area contributed by atoms with Crippen LogP contribution in [-0.2, 0) is 27.7 Å². The van der Waals surface area contributed by atoms with Crippen LogP contribution in [-0.4, -0.2) is 47.4 Å². The zero-order valence-corrected chi connectivity index (χ0v) is 22.7. The molecule has 1 aromatic carbocycles. The van der Waals surface area contributed by atoms with E-state index in [1.807, 2.05) is 0 Å². The molecule has 3 aromatic rings. The lowest BCUT2D eigenvalue weighted by Crippen LogP contribution is -2.32. The fourth-order valence-electron chi connectivity index (χ4n) is 4.92. The van der Waals surface area contributed by atoms with E-state index < -0.39 is 10.0 Å². The van der Waals surface area contributed by atoms with Gasteiger partial charge in [-0.25, -0.2) is 13.4 Å². The zero-order chi connectivity index (χ0) is 25.3. The lowest BCUT2D eigenvalue weighted by atomic mass is 9.97. The van der Waals surface area contributed by atoms with Gasteiger partial charge in [0, 0.05) is 23.7 Å². The third-order valence-electron chi connectivity index (χ3n) is 6.80. The first kappa shape index (κ1) is 25.4. The van der Waals surface area contributed by atoms with Gasteiger partial charge in [-0.15, -0.1) is 11.3 Å². The number of sulfonamides is 1. The third kappa shape index (κ3) is 5.25. The van der Waals surface area contributed by atoms with E-state index in [9.17, 15) is 18.0 Å². The van der Waals surface area contributed by atoms with E-state index in [1.54, 1.807) is 40.8 Å². The van der Waals surface area contributed by atoms with Crippen LogP contribution >= 0.6 is 23.1 Å². The highest BCUT2D eigenvalue weighted by Gasteiger charge is 2.27. The quantitative estimate of drug-likeness (QED) is 0.349. The molecule has 1 fully saturated rings. The lowest BCUT2D eigenvalue weighted by molar-refractivity contribution is -0.113. The van der Waals surface area contributed by atoms with Gasteiger partial charge in [-0.1, -0.05) is 30.7 Å². The van der Waals surface area contributed by atoms with Gasteiger partial charge in [-0.3, -0.25) is 9.59 Å². The number of H-pyrrole nitrogens is 1. The standard InChI is InChI=1S/C25H30N4O4S3/c1-16-10-11-17(14-20(16)36(32,33)29-12-6-2-3-7-13-29)26-21(30)15-34-25-27-23(31)22-18-8-4-5-9-19(18)35-24(22)28-25/h10-11,14H,2-9,12-13,15H2,1H3,(H,26,30)(H,27,28,31). The van der Waals surface area contributed by atoms with Gasteiger partial charge in [0.25, 0.3) is 5.56 Å². The number of fused-ring (bicyclic) bond motifs is 3. The van der Waals surface area contributed by atoms with E-state index in [2.05, 4.69) is 15.3 Å². The molecule has 0 unspecified atom stereocenters. The molecule has 2 aliphatic rings. The average Bonchev–Trinajstić information content (AvgIpc) is 3.01. The Bertz CT molecular complexity index is 1450. The summed E-state index contributed by atoms with van der Waals surface area (Å²) in [6.07, 6.45) is 7.95. The summed E-state index contributed by atoms with van der Waals surface area (Å²) in [6, 6.07) is 4.97.